The van der Waals surface area contributed by atoms with Crippen molar-refractivity contribution in [2.75, 3.05) is 0 Å². The number of hydrogen-bond donors (Lipinski definition) is 4. The average Bonchev–Trinajstić information content (AvgIpc) is 3.43. The van der Waals surface area contributed by atoms with Crippen LogP contribution in [0.25, 0.3) is 0 Å². The molecule has 2 amide bonds. The maximum atomic E-state index is 12.7. The van der Waals surface area contributed by atoms with Gasteiger partial charge in [-0.15, -0.1) is 0 Å². The fraction of sp³-hybridized carbons (Fsp3) is 0.263. The van der Waals surface area contributed by atoms with E-state index in [0.717, 1.165) is 5.56 Å². The summed E-state index contributed by atoms with van der Waals surface area (Å²) in [6, 6.07) is 15.6. The zero-order valence-electron chi connectivity index (χ0n) is 14.6. The summed E-state index contributed by atoms with van der Waals surface area (Å²) in [6.45, 7) is 0. The van der Waals surface area contributed by atoms with E-state index in [1.807, 2.05) is 30.3 Å². The van der Waals surface area contributed by atoms with Crippen molar-refractivity contribution in [3.63, 3.8) is 0 Å². The lowest BCUT2D eigenvalue weighted by Crippen LogP contribution is -2.56. The molecule has 1 saturated carbocycles. The van der Waals surface area contributed by atoms with E-state index in [2.05, 4.69) is 10.6 Å². The van der Waals surface area contributed by atoms with E-state index in [4.69, 9.17) is 11.6 Å². The number of carbonyl (C=O) groups excluding carboxylic acids is 2. The molecular weight excluding hydrogens is 366 g/mol. The van der Waals surface area contributed by atoms with E-state index in [0.29, 0.717) is 23.4 Å². The first-order valence-electron chi connectivity index (χ1n) is 8.69. The largest absolute Gasteiger partial charge is 0.475 e. The number of halogens is 1. The minimum Gasteiger partial charge on any atom is -0.426 e. The van der Waals surface area contributed by atoms with E-state index >= 15 is 0 Å². The van der Waals surface area contributed by atoms with Crippen LogP contribution < -0.4 is 10.6 Å². The van der Waals surface area contributed by atoms with Crippen LogP contribution in [0, 0.1) is 0 Å². The smallest absolute Gasteiger partial charge is 0.426 e. The van der Waals surface area contributed by atoms with Gasteiger partial charge in [-0.1, -0.05) is 41.9 Å². The van der Waals surface area contributed by atoms with Crippen LogP contribution in [0.1, 0.15) is 28.8 Å². The lowest BCUT2D eigenvalue weighted by atomic mass is 9.75. The first-order valence-corrected chi connectivity index (χ1v) is 9.06. The quantitative estimate of drug-likeness (QED) is 0.540. The molecule has 0 bridgehead atoms. The van der Waals surface area contributed by atoms with Gasteiger partial charge in [0.25, 0.3) is 5.91 Å². The molecule has 3 rings (SSSR count). The third-order valence-electron chi connectivity index (χ3n) is 4.62. The van der Waals surface area contributed by atoms with Crippen molar-refractivity contribution in [1.82, 2.24) is 10.6 Å². The highest BCUT2D eigenvalue weighted by Gasteiger charge is 2.52. The first-order chi connectivity index (χ1) is 12.9. The normalized spacial score (nSPS) is 15.5. The predicted octanol–water partition coefficient (Wildman–Crippen LogP) is 1.34. The summed E-state index contributed by atoms with van der Waals surface area (Å²) in [5, 5.41) is 25.2. The SMILES string of the molecule is O=C(NC1(C(=O)NC(Cc2ccccc2)B(O)O)CC1)c1ccc(Cl)cc1. The van der Waals surface area contributed by atoms with Gasteiger partial charge in [-0.2, -0.15) is 0 Å². The molecule has 140 valence electrons. The van der Waals surface area contributed by atoms with E-state index in [1.54, 1.807) is 24.3 Å². The van der Waals surface area contributed by atoms with E-state index in [1.165, 1.54) is 0 Å². The first kappa shape index (κ1) is 19.4. The van der Waals surface area contributed by atoms with Crippen molar-refractivity contribution in [2.45, 2.75) is 30.7 Å². The Morgan fingerprint density at radius 2 is 1.70 bits per heavy atom. The lowest BCUT2D eigenvalue weighted by molar-refractivity contribution is -0.124. The molecule has 0 saturated heterocycles. The van der Waals surface area contributed by atoms with Crippen LogP contribution in [0.4, 0.5) is 0 Å². The van der Waals surface area contributed by atoms with Gasteiger partial charge in [-0.3, -0.25) is 9.59 Å². The summed E-state index contributed by atoms with van der Waals surface area (Å²) < 4.78 is 0. The third-order valence-corrected chi connectivity index (χ3v) is 4.87. The highest BCUT2D eigenvalue weighted by atomic mass is 35.5. The standard InChI is InChI=1S/C19H20BClN2O4/c21-15-8-6-14(7-9-15)17(24)23-19(10-11-19)18(25)22-16(20(26)27)12-13-4-2-1-3-5-13/h1-9,16,26-27H,10-12H2,(H,22,25)(H,23,24). The number of rotatable bonds is 7. The molecule has 4 N–H and O–H groups in total. The molecule has 0 radical (unpaired) electrons. The van der Waals surface area contributed by atoms with E-state index in [9.17, 15) is 19.6 Å². The molecule has 27 heavy (non-hydrogen) atoms. The lowest BCUT2D eigenvalue weighted by Gasteiger charge is -2.23. The van der Waals surface area contributed by atoms with Crippen molar-refractivity contribution < 1.29 is 19.6 Å². The van der Waals surface area contributed by atoms with Gasteiger partial charge >= 0.3 is 7.12 Å². The molecule has 1 unspecified atom stereocenters. The van der Waals surface area contributed by atoms with Gasteiger partial charge in [0.05, 0.1) is 5.94 Å². The van der Waals surface area contributed by atoms with Crippen molar-refractivity contribution in [3.05, 3.63) is 70.7 Å². The van der Waals surface area contributed by atoms with Gasteiger partial charge in [0.15, 0.2) is 0 Å². The van der Waals surface area contributed by atoms with Gasteiger partial charge in [0.1, 0.15) is 5.54 Å². The second-order valence-corrected chi connectivity index (χ2v) is 7.16. The third kappa shape index (κ3) is 4.88. The van der Waals surface area contributed by atoms with Crippen molar-refractivity contribution in [1.29, 1.82) is 0 Å². The van der Waals surface area contributed by atoms with Gasteiger partial charge in [-0.05, 0) is 49.1 Å². The number of amides is 2. The predicted molar refractivity (Wildman–Crippen MR) is 103 cm³/mol. The molecule has 1 aliphatic rings. The van der Waals surface area contributed by atoms with Crippen molar-refractivity contribution >= 4 is 30.5 Å². The van der Waals surface area contributed by atoms with Crippen LogP contribution in [-0.4, -0.2) is 40.5 Å². The molecule has 0 aromatic heterocycles. The van der Waals surface area contributed by atoms with Gasteiger partial charge in [-0.25, -0.2) is 0 Å². The minimum absolute atomic E-state index is 0.269. The van der Waals surface area contributed by atoms with Crippen molar-refractivity contribution in [2.24, 2.45) is 0 Å². The van der Waals surface area contributed by atoms with Gasteiger partial charge in [0, 0.05) is 10.6 Å². The Balaban J connectivity index is 1.64. The molecule has 8 heteroatoms. The molecule has 1 aliphatic carbocycles. The summed E-state index contributed by atoms with van der Waals surface area (Å²) in [7, 11) is -1.71. The molecule has 2 aromatic carbocycles. The Bertz CT molecular complexity index is 810. The van der Waals surface area contributed by atoms with Crippen LogP contribution in [-0.2, 0) is 11.2 Å². The second kappa shape index (κ2) is 8.13. The Morgan fingerprint density at radius 3 is 2.26 bits per heavy atom. The molecule has 1 atom stereocenters. The Morgan fingerprint density at radius 1 is 1.07 bits per heavy atom. The Labute approximate surface area is 162 Å². The zero-order valence-corrected chi connectivity index (χ0v) is 15.3. The van der Waals surface area contributed by atoms with Crippen molar-refractivity contribution in [3.8, 4) is 0 Å². The summed E-state index contributed by atoms with van der Waals surface area (Å²) in [6.07, 6.45) is 1.26. The maximum absolute atomic E-state index is 12.7. The molecular formula is C19H20BClN2O4. The van der Waals surface area contributed by atoms with Crippen LogP contribution in [0.15, 0.2) is 54.6 Å². The summed E-state index contributed by atoms with van der Waals surface area (Å²) in [5.41, 5.74) is 0.257. The fourth-order valence-corrected chi connectivity index (χ4v) is 2.96. The van der Waals surface area contributed by atoms with Crippen LogP contribution in [0.3, 0.4) is 0 Å². The summed E-state index contributed by atoms with van der Waals surface area (Å²) >= 11 is 5.82. The number of carbonyl (C=O) groups is 2. The number of nitrogens with one attached hydrogen (secondary N) is 2. The van der Waals surface area contributed by atoms with Crippen LogP contribution in [0.5, 0.6) is 0 Å². The Kier molecular flexibility index (Phi) is 5.84. The van der Waals surface area contributed by atoms with Crippen LogP contribution >= 0.6 is 11.6 Å². The minimum atomic E-state index is -1.71. The van der Waals surface area contributed by atoms with Gasteiger partial charge in [0.2, 0.25) is 5.91 Å². The summed E-state index contributed by atoms with van der Waals surface area (Å²) in [5.74, 6) is -1.66. The highest BCUT2D eigenvalue weighted by Crippen LogP contribution is 2.36. The molecule has 0 aliphatic heterocycles. The van der Waals surface area contributed by atoms with Crippen LogP contribution in [0.2, 0.25) is 5.02 Å². The number of hydrogen-bond acceptors (Lipinski definition) is 4. The molecule has 1 fully saturated rings. The summed E-state index contributed by atoms with van der Waals surface area (Å²) in [4.78, 5) is 25.1. The fourth-order valence-electron chi connectivity index (χ4n) is 2.83. The highest BCUT2D eigenvalue weighted by molar-refractivity contribution is 6.43. The monoisotopic (exact) mass is 386 g/mol. The topological polar surface area (TPSA) is 98.7 Å². The molecule has 0 spiro atoms. The molecule has 6 nitrogen and oxygen atoms in total. The molecule has 2 aromatic rings. The molecule has 0 heterocycles. The second-order valence-electron chi connectivity index (χ2n) is 6.73. The van der Waals surface area contributed by atoms with E-state index in [-0.39, 0.29) is 12.3 Å². The number of benzene rings is 2. The Hall–Kier alpha value is -2.35. The van der Waals surface area contributed by atoms with E-state index < -0.39 is 24.5 Å². The zero-order chi connectivity index (χ0) is 19.4. The average molecular weight is 387 g/mol. The maximum Gasteiger partial charge on any atom is 0.475 e. The van der Waals surface area contributed by atoms with Gasteiger partial charge < -0.3 is 20.7 Å².